The minimum absolute atomic E-state index is 0.101. The van der Waals surface area contributed by atoms with Crippen LogP contribution in [0.2, 0.25) is 0 Å². The van der Waals surface area contributed by atoms with Gasteiger partial charge in [0.05, 0.1) is 11.6 Å². The first-order chi connectivity index (χ1) is 7.76. The zero-order valence-corrected chi connectivity index (χ0v) is 10.3. The van der Waals surface area contributed by atoms with Gasteiger partial charge in [0.1, 0.15) is 0 Å². The van der Waals surface area contributed by atoms with Crippen molar-refractivity contribution >= 4 is 0 Å². The molecule has 2 unspecified atom stereocenters. The van der Waals surface area contributed by atoms with E-state index in [9.17, 15) is 0 Å². The van der Waals surface area contributed by atoms with Gasteiger partial charge in [0.2, 0.25) is 0 Å². The summed E-state index contributed by atoms with van der Waals surface area (Å²) in [5, 5.41) is 0. The van der Waals surface area contributed by atoms with Gasteiger partial charge in [-0.2, -0.15) is 0 Å². The molecular weight excluding hydrogens is 200 g/mol. The lowest BCUT2D eigenvalue weighted by Crippen LogP contribution is -2.55. The Hall–Kier alpha value is -0.380. The van der Waals surface area contributed by atoms with Crippen LogP contribution < -0.4 is 11.3 Å². The lowest BCUT2D eigenvalue weighted by Gasteiger charge is -2.42. The van der Waals surface area contributed by atoms with E-state index in [-0.39, 0.29) is 11.6 Å². The van der Waals surface area contributed by atoms with Gasteiger partial charge in [0.15, 0.2) is 0 Å². The molecule has 0 spiro atoms. The highest BCUT2D eigenvalue weighted by Gasteiger charge is 2.38. The first kappa shape index (κ1) is 12.1. The van der Waals surface area contributed by atoms with Crippen LogP contribution in [-0.4, -0.2) is 18.2 Å². The van der Waals surface area contributed by atoms with Crippen LogP contribution in [0.3, 0.4) is 0 Å². The summed E-state index contributed by atoms with van der Waals surface area (Å²) in [5.41, 5.74) is 4.34. The van der Waals surface area contributed by atoms with Gasteiger partial charge < -0.3 is 4.74 Å². The summed E-state index contributed by atoms with van der Waals surface area (Å²) < 4.78 is 5.99. The molecule has 1 saturated heterocycles. The van der Waals surface area contributed by atoms with Crippen LogP contribution in [0.1, 0.15) is 51.9 Å². The van der Waals surface area contributed by atoms with E-state index in [1.54, 1.807) is 0 Å². The smallest absolute Gasteiger partial charge is 0.0858 e. The number of nitrogens with one attached hydrogen (secondary N) is 1. The van der Waals surface area contributed by atoms with Gasteiger partial charge in [-0.1, -0.05) is 11.6 Å². The predicted molar refractivity (Wildman–Crippen MR) is 65.9 cm³/mol. The lowest BCUT2D eigenvalue weighted by atomic mass is 9.81. The fourth-order valence-corrected chi connectivity index (χ4v) is 2.98. The third kappa shape index (κ3) is 2.47. The maximum absolute atomic E-state index is 5.99. The summed E-state index contributed by atoms with van der Waals surface area (Å²) in [6, 6.07) is 0.202. The second-order valence-electron chi connectivity index (χ2n) is 5.24. The molecule has 16 heavy (non-hydrogen) atoms. The van der Waals surface area contributed by atoms with Crippen molar-refractivity contribution < 1.29 is 4.74 Å². The summed E-state index contributed by atoms with van der Waals surface area (Å²) in [6.45, 7) is 3.08. The van der Waals surface area contributed by atoms with Crippen LogP contribution in [0.5, 0.6) is 0 Å². The van der Waals surface area contributed by atoms with Gasteiger partial charge in [-0.3, -0.25) is 11.3 Å². The molecule has 0 bridgehead atoms. The molecule has 3 heteroatoms. The zero-order chi connectivity index (χ0) is 11.4. The first-order valence-electron chi connectivity index (χ1n) is 6.55. The number of allylic oxidation sites excluding steroid dienone is 1. The number of nitrogens with two attached hydrogens (primary N) is 1. The standard InChI is InChI=1S/C13H24N2O/c1-13(9-5-6-10-16-13)12(15-14)11-7-3-2-4-8-11/h7,12,15H,2-6,8-10,14H2,1H3. The van der Waals surface area contributed by atoms with Gasteiger partial charge in [-0.05, 0) is 51.9 Å². The largest absolute Gasteiger partial charge is 0.373 e. The van der Waals surface area contributed by atoms with E-state index < -0.39 is 0 Å². The monoisotopic (exact) mass is 224 g/mol. The lowest BCUT2D eigenvalue weighted by molar-refractivity contribution is -0.0817. The Labute approximate surface area is 98.4 Å². The molecule has 0 aromatic carbocycles. The summed E-state index contributed by atoms with van der Waals surface area (Å²) in [5.74, 6) is 5.75. The fourth-order valence-electron chi connectivity index (χ4n) is 2.98. The van der Waals surface area contributed by atoms with E-state index >= 15 is 0 Å². The van der Waals surface area contributed by atoms with E-state index in [0.29, 0.717) is 0 Å². The molecule has 3 nitrogen and oxygen atoms in total. The van der Waals surface area contributed by atoms with Crippen LogP contribution in [0.4, 0.5) is 0 Å². The summed E-state index contributed by atoms with van der Waals surface area (Å²) in [7, 11) is 0. The Balaban J connectivity index is 2.10. The molecule has 0 saturated carbocycles. The van der Waals surface area contributed by atoms with Crippen molar-refractivity contribution in [3.63, 3.8) is 0 Å². The topological polar surface area (TPSA) is 47.3 Å². The average molecular weight is 224 g/mol. The summed E-state index contributed by atoms with van der Waals surface area (Å²) in [6.07, 6.45) is 10.9. The Morgan fingerprint density at radius 3 is 2.81 bits per heavy atom. The zero-order valence-electron chi connectivity index (χ0n) is 10.3. The molecule has 3 N–H and O–H groups in total. The summed E-state index contributed by atoms with van der Waals surface area (Å²) in [4.78, 5) is 0. The molecular formula is C13H24N2O. The van der Waals surface area contributed by atoms with Crippen LogP contribution in [0.15, 0.2) is 11.6 Å². The normalized spacial score (nSPS) is 33.2. The Bertz CT molecular complexity index is 257. The van der Waals surface area contributed by atoms with Crippen molar-refractivity contribution in [2.24, 2.45) is 5.84 Å². The second kappa shape index (κ2) is 5.30. The van der Waals surface area contributed by atoms with E-state index in [4.69, 9.17) is 10.6 Å². The Morgan fingerprint density at radius 1 is 1.38 bits per heavy atom. The van der Waals surface area contributed by atoms with Crippen molar-refractivity contribution in [1.82, 2.24) is 5.43 Å². The van der Waals surface area contributed by atoms with Gasteiger partial charge in [0.25, 0.3) is 0 Å². The molecule has 1 heterocycles. The highest BCUT2D eigenvalue weighted by molar-refractivity contribution is 5.18. The maximum Gasteiger partial charge on any atom is 0.0858 e. The number of rotatable bonds is 3. The fraction of sp³-hybridized carbons (Fsp3) is 0.846. The average Bonchev–Trinajstić information content (AvgIpc) is 2.32. The third-order valence-corrected chi connectivity index (χ3v) is 3.97. The van der Waals surface area contributed by atoms with Crippen LogP contribution >= 0.6 is 0 Å². The number of hydrogen-bond acceptors (Lipinski definition) is 3. The molecule has 92 valence electrons. The summed E-state index contributed by atoms with van der Waals surface area (Å²) >= 11 is 0. The molecule has 2 rings (SSSR count). The highest BCUT2D eigenvalue weighted by atomic mass is 16.5. The molecule has 2 aliphatic rings. The van der Waals surface area contributed by atoms with Crippen molar-refractivity contribution in [2.75, 3.05) is 6.61 Å². The van der Waals surface area contributed by atoms with Gasteiger partial charge in [-0.15, -0.1) is 0 Å². The van der Waals surface area contributed by atoms with Gasteiger partial charge in [-0.25, -0.2) is 0 Å². The first-order valence-corrected chi connectivity index (χ1v) is 6.55. The Kier molecular flexibility index (Phi) is 4.00. The van der Waals surface area contributed by atoms with Crippen molar-refractivity contribution in [2.45, 2.75) is 63.5 Å². The van der Waals surface area contributed by atoms with Crippen LogP contribution in [0, 0.1) is 0 Å². The van der Waals surface area contributed by atoms with E-state index in [1.807, 2.05) is 0 Å². The van der Waals surface area contributed by atoms with E-state index in [2.05, 4.69) is 18.4 Å². The molecule has 0 radical (unpaired) electrons. The van der Waals surface area contributed by atoms with E-state index in [1.165, 1.54) is 44.1 Å². The number of hydrazine groups is 1. The SMILES string of the molecule is CC1(C(NN)C2=CCCCC2)CCCCO1. The molecule has 1 aliphatic heterocycles. The molecule has 0 aromatic rings. The highest BCUT2D eigenvalue weighted by Crippen LogP contribution is 2.34. The van der Waals surface area contributed by atoms with Crippen LogP contribution in [0.25, 0.3) is 0 Å². The predicted octanol–water partition coefficient (Wildman–Crippen LogP) is 2.28. The quantitative estimate of drug-likeness (QED) is 0.439. The number of ether oxygens (including phenoxy) is 1. The van der Waals surface area contributed by atoms with Crippen molar-refractivity contribution in [1.29, 1.82) is 0 Å². The van der Waals surface area contributed by atoms with Crippen molar-refractivity contribution in [3.05, 3.63) is 11.6 Å². The Morgan fingerprint density at radius 2 is 2.25 bits per heavy atom. The van der Waals surface area contributed by atoms with Gasteiger partial charge in [0, 0.05) is 6.61 Å². The minimum Gasteiger partial charge on any atom is -0.373 e. The molecule has 1 aliphatic carbocycles. The molecule has 0 amide bonds. The van der Waals surface area contributed by atoms with Crippen LogP contribution in [-0.2, 0) is 4.74 Å². The second-order valence-corrected chi connectivity index (χ2v) is 5.24. The third-order valence-electron chi connectivity index (χ3n) is 3.97. The minimum atomic E-state index is -0.101. The van der Waals surface area contributed by atoms with Crippen molar-refractivity contribution in [3.8, 4) is 0 Å². The van der Waals surface area contributed by atoms with E-state index in [0.717, 1.165) is 13.0 Å². The molecule has 0 aromatic heterocycles. The molecule has 1 fully saturated rings. The molecule has 2 atom stereocenters. The maximum atomic E-state index is 5.99. The van der Waals surface area contributed by atoms with Gasteiger partial charge >= 0.3 is 0 Å². The number of hydrogen-bond donors (Lipinski definition) is 2.